The molecule has 94 valence electrons. The summed E-state index contributed by atoms with van der Waals surface area (Å²) in [6.45, 7) is 0. The van der Waals surface area contributed by atoms with Crippen LogP contribution in [0.3, 0.4) is 0 Å². The Labute approximate surface area is 112 Å². The Morgan fingerprint density at radius 2 is 2.06 bits per heavy atom. The first-order chi connectivity index (χ1) is 8.78. The van der Waals surface area contributed by atoms with Gasteiger partial charge >= 0.3 is 0 Å². The van der Waals surface area contributed by atoms with Gasteiger partial charge in [-0.3, -0.25) is 0 Å². The highest BCUT2D eigenvalue weighted by Gasteiger charge is 2.32. The van der Waals surface area contributed by atoms with E-state index in [4.69, 9.17) is 0 Å². The number of thiophene rings is 1. The minimum atomic E-state index is -0.672. The monoisotopic (exact) mass is 258 g/mol. The molecule has 0 bridgehead atoms. The molecule has 1 unspecified atom stereocenters. The molecule has 0 spiro atoms. The van der Waals surface area contributed by atoms with Gasteiger partial charge in [0.1, 0.15) is 0 Å². The number of fused-ring (bicyclic) bond motifs is 1. The molecule has 0 radical (unpaired) electrons. The van der Waals surface area contributed by atoms with Crippen molar-refractivity contribution in [2.24, 2.45) is 0 Å². The van der Waals surface area contributed by atoms with Crippen molar-refractivity contribution in [3.8, 4) is 0 Å². The van der Waals surface area contributed by atoms with Gasteiger partial charge in [-0.05, 0) is 59.2 Å². The zero-order valence-electron chi connectivity index (χ0n) is 10.4. The highest BCUT2D eigenvalue weighted by molar-refractivity contribution is 7.07. The van der Waals surface area contributed by atoms with Crippen molar-refractivity contribution < 1.29 is 5.11 Å². The highest BCUT2D eigenvalue weighted by atomic mass is 32.1. The second-order valence-corrected chi connectivity index (χ2v) is 5.98. The molecule has 1 aromatic carbocycles. The van der Waals surface area contributed by atoms with E-state index < -0.39 is 5.60 Å². The Bertz CT molecular complexity index is 518. The molecule has 3 rings (SSSR count). The molecule has 1 atom stereocenters. The summed E-state index contributed by atoms with van der Waals surface area (Å²) in [5.41, 5.74) is 3.05. The lowest BCUT2D eigenvalue weighted by Crippen LogP contribution is -2.28. The van der Waals surface area contributed by atoms with Gasteiger partial charge in [0.2, 0.25) is 0 Å². The molecule has 2 aromatic rings. The molecule has 1 aliphatic rings. The maximum Gasteiger partial charge on any atom is 0.0939 e. The first-order valence-electron chi connectivity index (χ1n) is 6.60. The average molecular weight is 258 g/mol. The van der Waals surface area contributed by atoms with Gasteiger partial charge in [0, 0.05) is 6.42 Å². The summed E-state index contributed by atoms with van der Waals surface area (Å²) >= 11 is 1.70. The maximum absolute atomic E-state index is 11.1. The fourth-order valence-electron chi connectivity index (χ4n) is 2.97. The van der Waals surface area contributed by atoms with Gasteiger partial charge in [0.05, 0.1) is 5.60 Å². The average Bonchev–Trinajstić information content (AvgIpc) is 2.82. The van der Waals surface area contributed by atoms with E-state index in [-0.39, 0.29) is 0 Å². The molecule has 1 aliphatic carbocycles. The van der Waals surface area contributed by atoms with Crippen LogP contribution in [0.15, 0.2) is 41.1 Å². The minimum absolute atomic E-state index is 0.672. The molecule has 1 heterocycles. The Morgan fingerprint density at radius 3 is 2.89 bits per heavy atom. The zero-order valence-corrected chi connectivity index (χ0v) is 11.2. The van der Waals surface area contributed by atoms with Crippen molar-refractivity contribution >= 4 is 11.3 Å². The van der Waals surface area contributed by atoms with E-state index in [2.05, 4.69) is 35.0 Å². The predicted molar refractivity (Wildman–Crippen MR) is 75.9 cm³/mol. The van der Waals surface area contributed by atoms with Crippen molar-refractivity contribution in [1.29, 1.82) is 0 Å². The van der Waals surface area contributed by atoms with E-state index in [1.807, 2.05) is 6.07 Å². The fourth-order valence-corrected chi connectivity index (χ4v) is 3.64. The number of rotatable bonds is 2. The van der Waals surface area contributed by atoms with Crippen molar-refractivity contribution in [2.75, 3.05) is 0 Å². The molecule has 0 saturated heterocycles. The van der Waals surface area contributed by atoms with Gasteiger partial charge in [-0.15, -0.1) is 0 Å². The van der Waals surface area contributed by atoms with Gasteiger partial charge in [0.15, 0.2) is 0 Å². The summed E-state index contributed by atoms with van der Waals surface area (Å²) in [6.07, 6.45) is 5.01. The Balaban J connectivity index is 1.99. The van der Waals surface area contributed by atoms with Crippen molar-refractivity contribution in [1.82, 2.24) is 0 Å². The second kappa shape index (κ2) is 4.87. The molecule has 0 fully saturated rings. The van der Waals surface area contributed by atoms with Crippen LogP contribution in [0, 0.1) is 0 Å². The smallest absolute Gasteiger partial charge is 0.0939 e. The van der Waals surface area contributed by atoms with Crippen LogP contribution < -0.4 is 0 Å². The van der Waals surface area contributed by atoms with E-state index in [1.165, 1.54) is 17.5 Å². The van der Waals surface area contributed by atoms with Crippen LogP contribution in [0.2, 0.25) is 0 Å². The summed E-state index contributed by atoms with van der Waals surface area (Å²) in [5, 5.41) is 15.3. The fraction of sp³-hybridized carbons (Fsp3) is 0.375. The summed E-state index contributed by atoms with van der Waals surface area (Å²) in [6, 6.07) is 10.5. The topological polar surface area (TPSA) is 20.2 Å². The van der Waals surface area contributed by atoms with E-state index in [0.29, 0.717) is 0 Å². The molecule has 0 amide bonds. The van der Waals surface area contributed by atoms with Crippen LogP contribution >= 0.6 is 11.3 Å². The predicted octanol–water partition coefficient (Wildman–Crippen LogP) is 3.90. The van der Waals surface area contributed by atoms with Crippen LogP contribution in [0.4, 0.5) is 0 Å². The summed E-state index contributed by atoms with van der Waals surface area (Å²) < 4.78 is 0. The number of aliphatic hydroxyl groups is 1. The van der Waals surface area contributed by atoms with E-state index in [1.54, 1.807) is 11.3 Å². The molecule has 1 N–H and O–H groups in total. The van der Waals surface area contributed by atoms with Gasteiger partial charge < -0.3 is 5.11 Å². The van der Waals surface area contributed by atoms with Crippen molar-refractivity contribution in [3.05, 3.63) is 57.8 Å². The van der Waals surface area contributed by atoms with E-state index in [0.717, 1.165) is 31.2 Å². The van der Waals surface area contributed by atoms with Crippen LogP contribution in [0.25, 0.3) is 0 Å². The quantitative estimate of drug-likeness (QED) is 0.810. The van der Waals surface area contributed by atoms with Gasteiger partial charge in [-0.25, -0.2) is 0 Å². The lowest BCUT2D eigenvalue weighted by molar-refractivity contribution is 0.0273. The lowest BCUT2D eigenvalue weighted by atomic mass is 9.83. The Kier molecular flexibility index (Phi) is 3.23. The summed E-state index contributed by atoms with van der Waals surface area (Å²) in [4.78, 5) is 0. The SMILES string of the molecule is OC1(Cc2ccsc2)CCCCc2ccccc21. The van der Waals surface area contributed by atoms with E-state index in [9.17, 15) is 5.11 Å². The third kappa shape index (κ3) is 2.23. The largest absolute Gasteiger partial charge is 0.385 e. The standard InChI is InChI=1S/C16H18OS/c17-16(11-13-8-10-18-12-13)9-4-3-6-14-5-1-2-7-15(14)16/h1-2,5,7-8,10,12,17H,3-4,6,9,11H2. The minimum Gasteiger partial charge on any atom is -0.385 e. The lowest BCUT2D eigenvalue weighted by Gasteiger charge is -2.28. The molecule has 2 heteroatoms. The van der Waals surface area contributed by atoms with Crippen LogP contribution in [-0.4, -0.2) is 5.11 Å². The molecular formula is C16H18OS. The third-order valence-electron chi connectivity index (χ3n) is 3.88. The normalized spacial score (nSPS) is 23.4. The maximum atomic E-state index is 11.1. The second-order valence-electron chi connectivity index (χ2n) is 5.20. The van der Waals surface area contributed by atoms with Crippen LogP contribution in [0.1, 0.15) is 36.0 Å². The Hall–Kier alpha value is -1.12. The molecule has 1 aromatic heterocycles. The molecule has 1 nitrogen and oxygen atoms in total. The number of hydrogen-bond acceptors (Lipinski definition) is 2. The Morgan fingerprint density at radius 1 is 1.17 bits per heavy atom. The first kappa shape index (κ1) is 11.9. The first-order valence-corrected chi connectivity index (χ1v) is 7.54. The van der Waals surface area contributed by atoms with Gasteiger partial charge in [-0.2, -0.15) is 11.3 Å². The number of benzene rings is 1. The molecular weight excluding hydrogens is 240 g/mol. The van der Waals surface area contributed by atoms with Gasteiger partial charge in [-0.1, -0.05) is 24.3 Å². The third-order valence-corrected chi connectivity index (χ3v) is 4.61. The van der Waals surface area contributed by atoms with Crippen molar-refractivity contribution in [3.63, 3.8) is 0 Å². The van der Waals surface area contributed by atoms with Crippen LogP contribution in [-0.2, 0) is 18.4 Å². The molecule has 0 aliphatic heterocycles. The molecule has 18 heavy (non-hydrogen) atoms. The number of aryl methyl sites for hydroxylation is 1. The summed E-state index contributed by atoms with van der Waals surface area (Å²) in [5.74, 6) is 0. The zero-order chi connectivity index (χ0) is 12.4. The van der Waals surface area contributed by atoms with Gasteiger partial charge in [0.25, 0.3) is 0 Å². The van der Waals surface area contributed by atoms with Crippen LogP contribution in [0.5, 0.6) is 0 Å². The molecule has 0 saturated carbocycles. The number of hydrogen-bond donors (Lipinski definition) is 1. The highest BCUT2D eigenvalue weighted by Crippen LogP contribution is 2.37. The van der Waals surface area contributed by atoms with E-state index >= 15 is 0 Å². The van der Waals surface area contributed by atoms with Crippen molar-refractivity contribution in [2.45, 2.75) is 37.7 Å². The summed E-state index contributed by atoms with van der Waals surface area (Å²) in [7, 11) is 0.